The third kappa shape index (κ3) is 2.07. The molecule has 0 spiro atoms. The molecule has 3 nitrogen and oxygen atoms in total. The molecule has 2 unspecified atom stereocenters. The van der Waals surface area contributed by atoms with Crippen molar-refractivity contribution in [3.63, 3.8) is 0 Å². The van der Waals surface area contributed by atoms with Gasteiger partial charge in [-0.15, -0.1) is 11.6 Å². The summed E-state index contributed by atoms with van der Waals surface area (Å²) in [7, 11) is 0. The van der Waals surface area contributed by atoms with Gasteiger partial charge in [0.1, 0.15) is 17.7 Å². The largest absolute Gasteiger partial charge is 0.491 e. The van der Waals surface area contributed by atoms with Crippen LogP contribution >= 0.6 is 11.6 Å². The minimum atomic E-state index is -0.516. The Kier molecular flexibility index (Phi) is 2.82. The highest BCUT2D eigenvalue weighted by molar-refractivity contribution is 6.30. The van der Waals surface area contributed by atoms with Crippen LogP contribution in [0.3, 0.4) is 0 Å². The van der Waals surface area contributed by atoms with Gasteiger partial charge in [0.25, 0.3) is 0 Å². The van der Waals surface area contributed by atoms with Crippen molar-refractivity contribution in [1.82, 2.24) is 5.32 Å². The molecule has 0 saturated heterocycles. The lowest BCUT2D eigenvalue weighted by Gasteiger charge is -2.12. The van der Waals surface area contributed by atoms with Crippen LogP contribution in [0.2, 0.25) is 0 Å². The zero-order chi connectivity index (χ0) is 10.8. The van der Waals surface area contributed by atoms with Crippen molar-refractivity contribution >= 4 is 17.5 Å². The molecule has 0 fully saturated rings. The number of para-hydroxylation sites is 1. The van der Waals surface area contributed by atoms with E-state index in [-0.39, 0.29) is 11.9 Å². The summed E-state index contributed by atoms with van der Waals surface area (Å²) in [6, 6.07) is 7.61. The standard InChI is InChI=1S/C11H12ClNO2/c1-7(12)11(14)13-9-6-15-10-5-3-2-4-8(9)10/h2-5,7,9H,6H2,1H3,(H,13,14). The van der Waals surface area contributed by atoms with Gasteiger partial charge in [-0.3, -0.25) is 4.79 Å². The number of carbonyl (C=O) groups is 1. The second-order valence-corrected chi connectivity index (χ2v) is 4.18. The van der Waals surface area contributed by atoms with Crippen LogP contribution in [0.4, 0.5) is 0 Å². The number of ether oxygens (including phenoxy) is 1. The van der Waals surface area contributed by atoms with E-state index < -0.39 is 5.38 Å². The maximum atomic E-state index is 11.4. The summed E-state index contributed by atoms with van der Waals surface area (Å²) in [5.41, 5.74) is 1.02. The second kappa shape index (κ2) is 4.11. The van der Waals surface area contributed by atoms with Gasteiger partial charge in [0.05, 0.1) is 6.04 Å². The predicted octanol–water partition coefficient (Wildman–Crippen LogP) is 1.86. The first-order valence-corrected chi connectivity index (χ1v) is 5.28. The molecule has 1 heterocycles. The Morgan fingerprint density at radius 3 is 3.07 bits per heavy atom. The van der Waals surface area contributed by atoms with E-state index in [9.17, 15) is 4.79 Å². The quantitative estimate of drug-likeness (QED) is 0.781. The van der Waals surface area contributed by atoms with Crippen molar-refractivity contribution in [1.29, 1.82) is 0 Å². The smallest absolute Gasteiger partial charge is 0.238 e. The fourth-order valence-corrected chi connectivity index (χ4v) is 1.63. The van der Waals surface area contributed by atoms with E-state index in [0.29, 0.717) is 6.61 Å². The van der Waals surface area contributed by atoms with Crippen LogP contribution in [0.15, 0.2) is 24.3 Å². The molecule has 0 aromatic heterocycles. The third-order valence-electron chi connectivity index (χ3n) is 2.38. The highest BCUT2D eigenvalue weighted by atomic mass is 35.5. The third-order valence-corrected chi connectivity index (χ3v) is 2.58. The zero-order valence-electron chi connectivity index (χ0n) is 8.37. The number of carbonyl (C=O) groups excluding carboxylic acids is 1. The van der Waals surface area contributed by atoms with Crippen LogP contribution in [-0.2, 0) is 4.79 Å². The Morgan fingerprint density at radius 2 is 2.33 bits per heavy atom. The average molecular weight is 226 g/mol. The lowest BCUT2D eigenvalue weighted by molar-refractivity contribution is -0.121. The first-order chi connectivity index (χ1) is 7.18. The van der Waals surface area contributed by atoms with Gasteiger partial charge < -0.3 is 10.1 Å². The first-order valence-electron chi connectivity index (χ1n) is 4.84. The summed E-state index contributed by atoms with van der Waals surface area (Å²) < 4.78 is 5.43. The van der Waals surface area contributed by atoms with Crippen molar-refractivity contribution in [2.45, 2.75) is 18.3 Å². The van der Waals surface area contributed by atoms with Gasteiger partial charge in [-0.1, -0.05) is 18.2 Å². The number of halogens is 1. The number of benzene rings is 1. The molecule has 0 aliphatic carbocycles. The lowest BCUT2D eigenvalue weighted by Crippen LogP contribution is -2.34. The summed E-state index contributed by atoms with van der Waals surface area (Å²) in [5, 5.41) is 2.32. The number of alkyl halides is 1. The highest BCUT2D eigenvalue weighted by Gasteiger charge is 2.25. The fourth-order valence-electron chi connectivity index (χ4n) is 1.57. The Hall–Kier alpha value is -1.22. The summed E-state index contributed by atoms with van der Waals surface area (Å²) in [6.07, 6.45) is 0. The highest BCUT2D eigenvalue weighted by Crippen LogP contribution is 2.31. The molecule has 4 heteroatoms. The van der Waals surface area contributed by atoms with Crippen LogP contribution in [0.25, 0.3) is 0 Å². The molecule has 1 aliphatic rings. The van der Waals surface area contributed by atoms with Crippen molar-refractivity contribution in [3.05, 3.63) is 29.8 Å². The van der Waals surface area contributed by atoms with E-state index in [1.807, 2.05) is 24.3 Å². The molecular weight excluding hydrogens is 214 g/mol. The van der Waals surface area contributed by atoms with E-state index in [1.165, 1.54) is 0 Å². The molecule has 0 bridgehead atoms. The Bertz CT molecular complexity index is 379. The van der Waals surface area contributed by atoms with Crippen LogP contribution in [-0.4, -0.2) is 17.9 Å². The predicted molar refractivity (Wildman–Crippen MR) is 58.1 cm³/mol. The molecule has 2 rings (SSSR count). The number of nitrogens with one attached hydrogen (secondary N) is 1. The minimum Gasteiger partial charge on any atom is -0.491 e. The number of hydrogen-bond donors (Lipinski definition) is 1. The van der Waals surface area contributed by atoms with Gasteiger partial charge in [0.15, 0.2) is 0 Å². The van der Waals surface area contributed by atoms with Crippen molar-refractivity contribution in [2.24, 2.45) is 0 Å². The Labute approximate surface area is 93.4 Å². The van der Waals surface area contributed by atoms with Gasteiger partial charge in [0, 0.05) is 5.56 Å². The van der Waals surface area contributed by atoms with E-state index in [1.54, 1.807) is 6.92 Å². The van der Waals surface area contributed by atoms with Crippen LogP contribution < -0.4 is 10.1 Å². The lowest BCUT2D eigenvalue weighted by atomic mass is 10.1. The molecule has 0 radical (unpaired) electrons. The fraction of sp³-hybridized carbons (Fsp3) is 0.364. The average Bonchev–Trinajstić information content (AvgIpc) is 2.62. The molecule has 1 aromatic carbocycles. The molecule has 0 saturated carbocycles. The van der Waals surface area contributed by atoms with Gasteiger partial charge >= 0.3 is 0 Å². The minimum absolute atomic E-state index is 0.0742. The van der Waals surface area contributed by atoms with E-state index in [2.05, 4.69) is 5.32 Å². The number of amides is 1. The Balaban J connectivity index is 2.11. The zero-order valence-corrected chi connectivity index (χ0v) is 9.12. The van der Waals surface area contributed by atoms with E-state index in [4.69, 9.17) is 16.3 Å². The van der Waals surface area contributed by atoms with Crippen molar-refractivity contribution in [2.75, 3.05) is 6.61 Å². The van der Waals surface area contributed by atoms with Crippen molar-refractivity contribution in [3.8, 4) is 5.75 Å². The van der Waals surface area contributed by atoms with Gasteiger partial charge in [0.2, 0.25) is 5.91 Å². The molecule has 80 valence electrons. The maximum Gasteiger partial charge on any atom is 0.238 e. The first kappa shape index (κ1) is 10.3. The summed E-state index contributed by atoms with van der Waals surface area (Å²) in [5.74, 6) is 0.673. The van der Waals surface area contributed by atoms with Crippen LogP contribution in [0.5, 0.6) is 5.75 Å². The summed E-state index contributed by atoms with van der Waals surface area (Å²) in [6.45, 7) is 2.13. The van der Waals surface area contributed by atoms with E-state index >= 15 is 0 Å². The maximum absolute atomic E-state index is 11.4. The van der Waals surface area contributed by atoms with Crippen LogP contribution in [0, 0.1) is 0 Å². The number of rotatable bonds is 2. The summed E-state index contributed by atoms with van der Waals surface area (Å²) in [4.78, 5) is 11.4. The van der Waals surface area contributed by atoms with E-state index in [0.717, 1.165) is 11.3 Å². The SMILES string of the molecule is CC(Cl)C(=O)NC1COc2ccccc21. The molecule has 1 N–H and O–H groups in total. The summed E-state index contributed by atoms with van der Waals surface area (Å²) >= 11 is 5.68. The number of hydrogen-bond acceptors (Lipinski definition) is 2. The Morgan fingerprint density at radius 1 is 1.60 bits per heavy atom. The number of fused-ring (bicyclic) bond motifs is 1. The van der Waals surface area contributed by atoms with Gasteiger partial charge in [-0.05, 0) is 13.0 Å². The molecule has 2 atom stereocenters. The topological polar surface area (TPSA) is 38.3 Å². The van der Waals surface area contributed by atoms with Crippen molar-refractivity contribution < 1.29 is 9.53 Å². The molecule has 1 amide bonds. The van der Waals surface area contributed by atoms with Crippen LogP contribution in [0.1, 0.15) is 18.5 Å². The normalized spacial score (nSPS) is 20.3. The van der Waals surface area contributed by atoms with Gasteiger partial charge in [-0.2, -0.15) is 0 Å². The monoisotopic (exact) mass is 225 g/mol. The van der Waals surface area contributed by atoms with Gasteiger partial charge in [-0.25, -0.2) is 0 Å². The molecule has 15 heavy (non-hydrogen) atoms. The molecule has 1 aromatic rings. The molecular formula is C11H12ClNO2. The second-order valence-electron chi connectivity index (χ2n) is 3.53. The molecule has 1 aliphatic heterocycles.